The van der Waals surface area contributed by atoms with Gasteiger partial charge < -0.3 is 10.1 Å². The van der Waals surface area contributed by atoms with Crippen LogP contribution in [0, 0.1) is 17.2 Å². The number of hydrogen-bond acceptors (Lipinski definition) is 3. The molecule has 1 aliphatic carbocycles. The number of hydrogen-bond donors (Lipinski definition) is 1. The molecule has 0 aromatic heterocycles. The van der Waals surface area contributed by atoms with Gasteiger partial charge in [0, 0.05) is 16.6 Å². The number of nitriles is 1. The fraction of sp³-hybridized carbons (Fsp3) is 0.474. The first-order valence-electron chi connectivity index (χ1n) is 8.40. The molecule has 1 aromatic carbocycles. The largest absolute Gasteiger partial charge is 0.493 e. The van der Waals surface area contributed by atoms with Crippen LogP contribution in [0.4, 0.5) is 0 Å². The summed E-state index contributed by atoms with van der Waals surface area (Å²) in [5.41, 5.74) is 0.698. The Kier molecular flexibility index (Phi) is 6.69. The number of rotatable bonds is 5. The van der Waals surface area contributed by atoms with Gasteiger partial charge in [-0.25, -0.2) is 0 Å². The van der Waals surface area contributed by atoms with E-state index in [-0.39, 0.29) is 17.5 Å². The summed E-state index contributed by atoms with van der Waals surface area (Å²) in [6.45, 7) is 4.52. The van der Waals surface area contributed by atoms with Crippen LogP contribution in [0.1, 0.15) is 45.1 Å². The third-order valence-corrected chi connectivity index (χ3v) is 4.60. The van der Waals surface area contributed by atoms with Crippen LogP contribution in [0.2, 0.25) is 5.02 Å². The van der Waals surface area contributed by atoms with E-state index >= 15 is 0 Å². The Hall–Kier alpha value is -1.99. The maximum Gasteiger partial charge on any atom is 0.262 e. The van der Waals surface area contributed by atoms with E-state index in [0.717, 1.165) is 19.3 Å². The predicted octanol–water partition coefficient (Wildman–Crippen LogP) is 4.34. The van der Waals surface area contributed by atoms with Crippen molar-refractivity contribution >= 4 is 23.6 Å². The normalized spacial score (nSPS) is 21.0. The minimum absolute atomic E-state index is 0.0657. The van der Waals surface area contributed by atoms with Gasteiger partial charge in [0.05, 0.1) is 6.61 Å². The van der Waals surface area contributed by atoms with E-state index in [2.05, 4.69) is 12.2 Å². The standard InChI is InChI=1S/C19H23ClN2O2/c1-3-24-18-9-8-16(20)11-14(18)10-15(12-21)19(23)22-17-7-5-4-6-13(17)2/h8-11,13,17H,3-7H2,1-2H3,(H,22,23)/b15-10+/t13-,17+/m0/s1. The van der Waals surface area contributed by atoms with Crippen LogP contribution in [0.15, 0.2) is 23.8 Å². The van der Waals surface area contributed by atoms with E-state index in [9.17, 15) is 10.1 Å². The highest BCUT2D eigenvalue weighted by atomic mass is 35.5. The van der Waals surface area contributed by atoms with Crippen molar-refractivity contribution in [2.24, 2.45) is 5.92 Å². The monoisotopic (exact) mass is 346 g/mol. The Labute approximate surface area is 148 Å². The molecule has 2 rings (SSSR count). The quantitative estimate of drug-likeness (QED) is 0.637. The van der Waals surface area contributed by atoms with Crippen molar-refractivity contribution in [2.75, 3.05) is 6.61 Å². The molecule has 1 N–H and O–H groups in total. The number of ether oxygens (including phenoxy) is 1. The van der Waals surface area contributed by atoms with Crippen molar-refractivity contribution in [3.8, 4) is 11.8 Å². The van der Waals surface area contributed by atoms with Crippen LogP contribution in [0.5, 0.6) is 5.75 Å². The highest BCUT2D eigenvalue weighted by molar-refractivity contribution is 6.30. The average molecular weight is 347 g/mol. The van der Waals surface area contributed by atoms with Gasteiger partial charge in [-0.2, -0.15) is 5.26 Å². The second kappa shape index (κ2) is 8.75. The summed E-state index contributed by atoms with van der Waals surface area (Å²) >= 11 is 6.03. The molecule has 1 amide bonds. The molecule has 128 valence electrons. The Morgan fingerprint density at radius 3 is 2.88 bits per heavy atom. The van der Waals surface area contributed by atoms with Crippen LogP contribution in [-0.2, 0) is 4.79 Å². The zero-order valence-electron chi connectivity index (χ0n) is 14.1. The Bertz CT molecular complexity index is 664. The van der Waals surface area contributed by atoms with Gasteiger partial charge in [0.2, 0.25) is 0 Å². The average Bonchev–Trinajstić information content (AvgIpc) is 2.57. The third kappa shape index (κ3) is 4.75. The summed E-state index contributed by atoms with van der Waals surface area (Å²) in [7, 11) is 0. The lowest BCUT2D eigenvalue weighted by Gasteiger charge is -2.29. The fourth-order valence-corrected chi connectivity index (χ4v) is 3.18. The van der Waals surface area contributed by atoms with Gasteiger partial charge in [-0.05, 0) is 50.0 Å². The molecule has 0 aliphatic heterocycles. The van der Waals surface area contributed by atoms with Gasteiger partial charge in [0.15, 0.2) is 0 Å². The van der Waals surface area contributed by atoms with E-state index in [0.29, 0.717) is 28.9 Å². The Balaban J connectivity index is 2.21. The molecule has 5 heteroatoms. The maximum absolute atomic E-state index is 12.5. The summed E-state index contributed by atoms with van der Waals surface area (Å²) in [4.78, 5) is 12.5. The minimum atomic E-state index is -0.335. The molecule has 0 spiro atoms. The number of carbonyl (C=O) groups is 1. The third-order valence-electron chi connectivity index (χ3n) is 4.36. The predicted molar refractivity (Wildman–Crippen MR) is 95.8 cm³/mol. The van der Waals surface area contributed by atoms with Crippen LogP contribution in [0.3, 0.4) is 0 Å². The first kappa shape index (κ1) is 18.4. The first-order valence-corrected chi connectivity index (χ1v) is 8.78. The van der Waals surface area contributed by atoms with Crippen LogP contribution < -0.4 is 10.1 Å². The zero-order valence-corrected chi connectivity index (χ0v) is 14.9. The topological polar surface area (TPSA) is 62.1 Å². The summed E-state index contributed by atoms with van der Waals surface area (Å²) < 4.78 is 5.54. The lowest BCUT2D eigenvalue weighted by atomic mass is 9.86. The summed E-state index contributed by atoms with van der Waals surface area (Å²) in [5.74, 6) is 0.708. The molecule has 0 radical (unpaired) electrons. The molecule has 0 heterocycles. The van der Waals surface area contributed by atoms with Crippen molar-refractivity contribution in [3.63, 3.8) is 0 Å². The molecule has 1 saturated carbocycles. The van der Waals surface area contributed by atoms with E-state index < -0.39 is 0 Å². The van der Waals surface area contributed by atoms with Gasteiger partial charge >= 0.3 is 0 Å². The van der Waals surface area contributed by atoms with E-state index in [1.165, 1.54) is 6.42 Å². The smallest absolute Gasteiger partial charge is 0.262 e. The molecule has 0 unspecified atom stereocenters. The van der Waals surface area contributed by atoms with E-state index in [4.69, 9.17) is 16.3 Å². The number of nitrogens with one attached hydrogen (secondary N) is 1. The number of carbonyl (C=O) groups excluding carboxylic acids is 1. The molecular formula is C19H23ClN2O2. The number of halogens is 1. The second-order valence-corrected chi connectivity index (χ2v) is 6.56. The molecular weight excluding hydrogens is 324 g/mol. The van der Waals surface area contributed by atoms with Crippen LogP contribution in [0.25, 0.3) is 6.08 Å². The van der Waals surface area contributed by atoms with Crippen molar-refractivity contribution in [1.82, 2.24) is 5.32 Å². The molecule has 0 saturated heterocycles. The van der Waals surface area contributed by atoms with Gasteiger partial charge in [-0.15, -0.1) is 0 Å². The molecule has 1 aliphatic rings. The van der Waals surface area contributed by atoms with E-state index in [1.807, 2.05) is 13.0 Å². The van der Waals surface area contributed by atoms with Crippen molar-refractivity contribution in [1.29, 1.82) is 5.26 Å². The zero-order chi connectivity index (χ0) is 17.5. The van der Waals surface area contributed by atoms with Crippen molar-refractivity contribution < 1.29 is 9.53 Å². The SMILES string of the molecule is CCOc1ccc(Cl)cc1/C=C(\C#N)C(=O)N[C@@H]1CCCC[C@@H]1C. The maximum atomic E-state index is 12.5. The summed E-state index contributed by atoms with van der Waals surface area (Å²) in [6.07, 6.45) is 5.93. The van der Waals surface area contributed by atoms with E-state index in [1.54, 1.807) is 24.3 Å². The Morgan fingerprint density at radius 2 is 2.21 bits per heavy atom. The highest BCUT2D eigenvalue weighted by Gasteiger charge is 2.24. The van der Waals surface area contributed by atoms with Crippen molar-refractivity contribution in [3.05, 3.63) is 34.4 Å². The molecule has 2 atom stereocenters. The number of nitrogens with zero attached hydrogens (tertiary/aromatic N) is 1. The van der Waals surface area contributed by atoms with Crippen LogP contribution >= 0.6 is 11.6 Å². The second-order valence-electron chi connectivity index (χ2n) is 6.13. The van der Waals surface area contributed by atoms with Gasteiger partial charge in [0.25, 0.3) is 5.91 Å². The Morgan fingerprint density at radius 1 is 1.46 bits per heavy atom. The van der Waals surface area contributed by atoms with Crippen molar-refractivity contribution in [2.45, 2.75) is 45.6 Å². The first-order chi connectivity index (χ1) is 11.5. The fourth-order valence-electron chi connectivity index (χ4n) is 3.00. The lowest BCUT2D eigenvalue weighted by molar-refractivity contribution is -0.118. The molecule has 24 heavy (non-hydrogen) atoms. The molecule has 1 fully saturated rings. The molecule has 4 nitrogen and oxygen atoms in total. The number of benzene rings is 1. The lowest BCUT2D eigenvalue weighted by Crippen LogP contribution is -2.41. The highest BCUT2D eigenvalue weighted by Crippen LogP contribution is 2.26. The van der Waals surface area contributed by atoms with Gasteiger partial charge in [-0.1, -0.05) is 31.4 Å². The minimum Gasteiger partial charge on any atom is -0.493 e. The van der Waals surface area contributed by atoms with Crippen LogP contribution in [-0.4, -0.2) is 18.6 Å². The molecule has 1 aromatic rings. The summed E-state index contributed by atoms with van der Waals surface area (Å²) in [6, 6.07) is 7.29. The van der Waals surface area contributed by atoms with Gasteiger partial charge in [0.1, 0.15) is 17.4 Å². The molecule has 0 bridgehead atoms. The number of amides is 1. The summed E-state index contributed by atoms with van der Waals surface area (Å²) in [5, 5.41) is 12.9. The van der Waals surface area contributed by atoms with Gasteiger partial charge in [-0.3, -0.25) is 4.79 Å².